The molecule has 1 N–H and O–H groups in total. The molecule has 5 heteroatoms. The zero-order chi connectivity index (χ0) is 16.1. The van der Waals surface area contributed by atoms with E-state index in [4.69, 9.17) is 0 Å². The molecule has 0 fully saturated rings. The van der Waals surface area contributed by atoms with E-state index in [-0.39, 0.29) is 17.9 Å². The first-order chi connectivity index (χ1) is 10.5. The second-order valence-electron chi connectivity index (χ2n) is 5.26. The van der Waals surface area contributed by atoms with Crippen LogP contribution in [0.5, 0.6) is 0 Å². The molecule has 0 radical (unpaired) electrons. The number of hydrogen-bond acceptors (Lipinski definition) is 3. The molecule has 0 aliphatic rings. The summed E-state index contributed by atoms with van der Waals surface area (Å²) in [5.74, 6) is 0.160. The number of hydrogen-bond donors (Lipinski definition) is 1. The van der Waals surface area contributed by atoms with Crippen LogP contribution in [0.25, 0.3) is 0 Å². The number of carbonyl (C=O) groups excluding carboxylic acids is 2. The lowest BCUT2D eigenvalue weighted by Gasteiger charge is -2.16. The minimum atomic E-state index is -0.210. The van der Waals surface area contributed by atoms with E-state index in [2.05, 4.69) is 10.3 Å². The summed E-state index contributed by atoms with van der Waals surface area (Å²) in [7, 11) is 1.66. The molecule has 2 amide bonds. The maximum Gasteiger partial charge on any atom is 0.259 e. The Morgan fingerprint density at radius 2 is 1.82 bits per heavy atom. The third kappa shape index (κ3) is 3.69. The number of rotatable bonds is 4. The molecular weight excluding hydrogens is 278 g/mol. The summed E-state index contributed by atoms with van der Waals surface area (Å²) in [5, 5.41) is 2.81. The molecule has 0 unspecified atom stereocenters. The van der Waals surface area contributed by atoms with Gasteiger partial charge in [0.2, 0.25) is 0 Å². The van der Waals surface area contributed by atoms with Crippen LogP contribution in [0.15, 0.2) is 48.7 Å². The number of amides is 2. The standard InChI is InChI=1S/C17H19N3O2/c1-12(2)19-16(21)13-7-6-8-14(11-13)17(22)20(3)15-9-4-5-10-18-15/h4-12H,1-3H3,(H,19,21). The lowest BCUT2D eigenvalue weighted by molar-refractivity contribution is 0.0943. The van der Waals surface area contributed by atoms with E-state index in [0.717, 1.165) is 0 Å². The van der Waals surface area contributed by atoms with Gasteiger partial charge >= 0.3 is 0 Å². The van der Waals surface area contributed by atoms with Crippen molar-refractivity contribution in [2.75, 3.05) is 11.9 Å². The van der Waals surface area contributed by atoms with Crippen molar-refractivity contribution in [3.63, 3.8) is 0 Å². The molecule has 1 aromatic heterocycles. The van der Waals surface area contributed by atoms with Crippen molar-refractivity contribution in [1.82, 2.24) is 10.3 Å². The van der Waals surface area contributed by atoms with Gasteiger partial charge in [-0.25, -0.2) is 4.98 Å². The highest BCUT2D eigenvalue weighted by molar-refractivity contribution is 6.06. The Kier molecular flexibility index (Phi) is 4.88. The van der Waals surface area contributed by atoms with E-state index < -0.39 is 0 Å². The highest BCUT2D eigenvalue weighted by atomic mass is 16.2. The fraction of sp³-hybridized carbons (Fsp3) is 0.235. The predicted octanol–water partition coefficient (Wildman–Crippen LogP) is 2.50. The molecule has 0 aliphatic heterocycles. The van der Waals surface area contributed by atoms with Gasteiger partial charge in [0, 0.05) is 30.4 Å². The third-order valence-corrected chi connectivity index (χ3v) is 3.09. The highest BCUT2D eigenvalue weighted by Gasteiger charge is 2.16. The van der Waals surface area contributed by atoms with E-state index in [1.807, 2.05) is 19.9 Å². The van der Waals surface area contributed by atoms with Crippen molar-refractivity contribution in [3.05, 3.63) is 59.8 Å². The second-order valence-corrected chi connectivity index (χ2v) is 5.26. The lowest BCUT2D eigenvalue weighted by atomic mass is 10.1. The Balaban J connectivity index is 2.22. The highest BCUT2D eigenvalue weighted by Crippen LogP contribution is 2.13. The van der Waals surface area contributed by atoms with Crippen LogP contribution in [0.4, 0.5) is 5.82 Å². The number of nitrogens with one attached hydrogen (secondary N) is 1. The maximum atomic E-state index is 12.5. The summed E-state index contributed by atoms with van der Waals surface area (Å²) in [6.07, 6.45) is 1.63. The number of benzene rings is 1. The van der Waals surface area contributed by atoms with Gasteiger partial charge in [-0.3, -0.25) is 14.5 Å². The SMILES string of the molecule is CC(C)NC(=O)c1cccc(C(=O)N(C)c2ccccn2)c1. The first-order valence-corrected chi connectivity index (χ1v) is 7.09. The fourth-order valence-corrected chi connectivity index (χ4v) is 1.99. The average Bonchev–Trinajstić information content (AvgIpc) is 2.54. The fourth-order valence-electron chi connectivity index (χ4n) is 1.99. The van der Waals surface area contributed by atoms with Gasteiger partial charge < -0.3 is 5.32 Å². The van der Waals surface area contributed by atoms with E-state index in [9.17, 15) is 9.59 Å². The molecule has 114 valence electrons. The summed E-state index contributed by atoms with van der Waals surface area (Å²) in [5.41, 5.74) is 0.915. The molecular formula is C17H19N3O2. The van der Waals surface area contributed by atoms with Gasteiger partial charge in [-0.1, -0.05) is 12.1 Å². The minimum Gasteiger partial charge on any atom is -0.350 e. The quantitative estimate of drug-likeness (QED) is 0.943. The zero-order valence-corrected chi connectivity index (χ0v) is 12.9. The molecule has 1 aromatic carbocycles. The number of aromatic nitrogens is 1. The van der Waals surface area contributed by atoms with Gasteiger partial charge in [-0.2, -0.15) is 0 Å². The van der Waals surface area contributed by atoms with Crippen LogP contribution in [0.1, 0.15) is 34.6 Å². The van der Waals surface area contributed by atoms with Gasteiger partial charge in [-0.15, -0.1) is 0 Å². The van der Waals surface area contributed by atoms with Crippen molar-refractivity contribution < 1.29 is 9.59 Å². The van der Waals surface area contributed by atoms with E-state index >= 15 is 0 Å². The van der Waals surface area contributed by atoms with Gasteiger partial charge in [0.05, 0.1) is 0 Å². The molecule has 0 saturated carbocycles. The Hall–Kier alpha value is -2.69. The largest absolute Gasteiger partial charge is 0.350 e. The van der Waals surface area contributed by atoms with Crippen molar-refractivity contribution >= 4 is 17.6 Å². The molecule has 0 aliphatic carbocycles. The second kappa shape index (κ2) is 6.85. The molecule has 0 spiro atoms. The number of pyridine rings is 1. The van der Waals surface area contributed by atoms with Crippen LogP contribution < -0.4 is 10.2 Å². The molecule has 0 bridgehead atoms. The summed E-state index contributed by atoms with van der Waals surface area (Å²) in [6.45, 7) is 3.78. The van der Waals surface area contributed by atoms with Crippen molar-refractivity contribution in [3.8, 4) is 0 Å². The minimum absolute atomic E-state index is 0.0445. The lowest BCUT2D eigenvalue weighted by Crippen LogP contribution is -2.31. The Morgan fingerprint density at radius 3 is 2.45 bits per heavy atom. The molecule has 2 rings (SSSR count). The van der Waals surface area contributed by atoms with Crippen LogP contribution >= 0.6 is 0 Å². The molecule has 0 atom stereocenters. The van der Waals surface area contributed by atoms with Crippen LogP contribution in [-0.4, -0.2) is 29.9 Å². The number of nitrogens with zero attached hydrogens (tertiary/aromatic N) is 2. The first-order valence-electron chi connectivity index (χ1n) is 7.09. The number of carbonyl (C=O) groups is 2. The zero-order valence-electron chi connectivity index (χ0n) is 12.9. The molecule has 5 nitrogen and oxygen atoms in total. The van der Waals surface area contributed by atoms with Gasteiger partial charge in [-0.05, 0) is 44.2 Å². The van der Waals surface area contributed by atoms with Crippen molar-refractivity contribution in [2.24, 2.45) is 0 Å². The molecule has 22 heavy (non-hydrogen) atoms. The van der Waals surface area contributed by atoms with E-state index in [1.54, 1.807) is 49.6 Å². The Bertz CT molecular complexity index is 669. The Morgan fingerprint density at radius 1 is 1.09 bits per heavy atom. The van der Waals surface area contributed by atoms with Gasteiger partial charge in [0.25, 0.3) is 11.8 Å². The van der Waals surface area contributed by atoms with E-state index in [0.29, 0.717) is 16.9 Å². The summed E-state index contributed by atoms with van der Waals surface area (Å²) in [6, 6.07) is 12.1. The smallest absolute Gasteiger partial charge is 0.259 e. The summed E-state index contributed by atoms with van der Waals surface area (Å²) < 4.78 is 0. The maximum absolute atomic E-state index is 12.5. The average molecular weight is 297 g/mol. The van der Waals surface area contributed by atoms with Crippen LogP contribution in [0, 0.1) is 0 Å². The van der Waals surface area contributed by atoms with Crippen LogP contribution in [0.3, 0.4) is 0 Å². The topological polar surface area (TPSA) is 62.3 Å². The normalized spacial score (nSPS) is 10.4. The van der Waals surface area contributed by atoms with Crippen molar-refractivity contribution in [1.29, 1.82) is 0 Å². The monoisotopic (exact) mass is 297 g/mol. The van der Waals surface area contributed by atoms with Crippen LogP contribution in [0.2, 0.25) is 0 Å². The third-order valence-electron chi connectivity index (χ3n) is 3.09. The molecule has 0 saturated heterocycles. The number of anilines is 1. The van der Waals surface area contributed by atoms with E-state index in [1.165, 1.54) is 4.90 Å². The predicted molar refractivity (Wildman–Crippen MR) is 86.0 cm³/mol. The first kappa shape index (κ1) is 15.7. The summed E-state index contributed by atoms with van der Waals surface area (Å²) in [4.78, 5) is 30.1. The van der Waals surface area contributed by atoms with Crippen molar-refractivity contribution in [2.45, 2.75) is 19.9 Å². The summed E-state index contributed by atoms with van der Waals surface area (Å²) >= 11 is 0. The molecule has 1 heterocycles. The molecule has 2 aromatic rings. The Labute approximate surface area is 130 Å². The van der Waals surface area contributed by atoms with Gasteiger partial charge in [0.15, 0.2) is 0 Å². The van der Waals surface area contributed by atoms with Crippen LogP contribution in [-0.2, 0) is 0 Å². The van der Waals surface area contributed by atoms with Gasteiger partial charge in [0.1, 0.15) is 5.82 Å².